The molecule has 0 radical (unpaired) electrons. The van der Waals surface area contributed by atoms with Crippen LogP contribution in [0.3, 0.4) is 0 Å². The Hall–Kier alpha value is -0.341. The SMILES string of the molecule is C/C(=C\I)[C@@H]1C/C=C\CCCC(C)[C@H](O)C(C)C(=O)C(C)(C)C(O)CC(=O)O1.CC.CC.CC.CC.CCC[CH2][Sn]([CH2]CCC)([CH2]CCC)[c]1csc(CO)n1. The monoisotopic (exact) mass is 1030 g/mol. The van der Waals surface area contributed by atoms with Gasteiger partial charge in [0.15, 0.2) is 0 Å². The van der Waals surface area contributed by atoms with Gasteiger partial charge in [-0.25, -0.2) is 0 Å². The van der Waals surface area contributed by atoms with Crippen LogP contribution in [-0.2, 0) is 20.9 Å². The van der Waals surface area contributed by atoms with Gasteiger partial charge in [0.2, 0.25) is 0 Å². The molecule has 1 aliphatic rings. The molecule has 56 heavy (non-hydrogen) atoms. The summed E-state index contributed by atoms with van der Waals surface area (Å²) in [5, 5.41) is 33.7. The molecule has 7 nitrogen and oxygen atoms in total. The molecule has 1 aromatic heterocycles. The minimum absolute atomic E-state index is 0.0184. The van der Waals surface area contributed by atoms with E-state index in [1.165, 1.54) is 55.5 Å². The predicted octanol–water partition coefficient (Wildman–Crippen LogP) is 13.1. The average molecular weight is 1030 g/mol. The molecule has 332 valence electrons. The minimum atomic E-state index is -2.31. The molecule has 0 aromatic carbocycles. The van der Waals surface area contributed by atoms with Crippen molar-refractivity contribution in [2.75, 3.05) is 0 Å². The molecule has 1 aromatic rings. The summed E-state index contributed by atoms with van der Waals surface area (Å²) < 4.78 is 13.3. The zero-order valence-electron chi connectivity index (χ0n) is 39.1. The Balaban J connectivity index is -0.000000424. The van der Waals surface area contributed by atoms with Gasteiger partial charge < -0.3 is 14.9 Å². The normalized spacial score (nSPS) is 22.4. The number of ether oxygens (including phenoxy) is 1. The van der Waals surface area contributed by atoms with Crippen molar-refractivity contribution in [3.63, 3.8) is 0 Å². The number of thiazole rings is 1. The topological polar surface area (TPSA) is 117 Å². The second kappa shape index (κ2) is 38.8. The van der Waals surface area contributed by atoms with Crippen molar-refractivity contribution in [2.24, 2.45) is 17.3 Å². The Morgan fingerprint density at radius 1 is 0.929 bits per heavy atom. The van der Waals surface area contributed by atoms with Gasteiger partial charge in [-0.05, 0) is 41.8 Å². The van der Waals surface area contributed by atoms with Gasteiger partial charge in [-0.2, -0.15) is 0 Å². The van der Waals surface area contributed by atoms with Crippen molar-refractivity contribution >= 4 is 67.8 Å². The number of rotatable bonds is 12. The number of hydrogen-bond acceptors (Lipinski definition) is 8. The number of aliphatic hydroxyl groups is 3. The van der Waals surface area contributed by atoms with Crippen LogP contribution in [-0.4, -0.2) is 68.7 Å². The number of nitrogens with zero attached hydrogens (tertiary/aromatic N) is 1. The summed E-state index contributed by atoms with van der Waals surface area (Å²) >= 11 is 1.48. The fourth-order valence-corrected chi connectivity index (χ4v) is 24.7. The van der Waals surface area contributed by atoms with Crippen molar-refractivity contribution in [3.05, 3.63) is 32.2 Å². The molecule has 0 saturated carbocycles. The first kappa shape index (κ1) is 62.3. The number of hydrogen-bond donors (Lipinski definition) is 3. The summed E-state index contributed by atoms with van der Waals surface area (Å²) in [6, 6.07) is 0. The number of aliphatic hydroxyl groups excluding tert-OH is 3. The van der Waals surface area contributed by atoms with Gasteiger partial charge in [-0.1, -0.05) is 118 Å². The molecule has 3 unspecified atom stereocenters. The van der Waals surface area contributed by atoms with E-state index in [0.29, 0.717) is 6.42 Å². The Kier molecular flexibility index (Phi) is 43.2. The Bertz CT molecular complexity index is 1120. The summed E-state index contributed by atoms with van der Waals surface area (Å²) in [6.45, 7) is 31.8. The van der Waals surface area contributed by atoms with Gasteiger partial charge in [0.1, 0.15) is 11.9 Å². The molecule has 5 atom stereocenters. The van der Waals surface area contributed by atoms with Crippen molar-refractivity contribution < 1.29 is 29.6 Å². The second-order valence-electron chi connectivity index (χ2n) is 14.4. The molecule has 10 heteroatoms. The number of ketones is 1. The number of allylic oxidation sites excluding steroid dienone is 1. The number of carbonyl (C=O) groups is 2. The molecule has 0 amide bonds. The van der Waals surface area contributed by atoms with Gasteiger partial charge in [-0.15, -0.1) is 0 Å². The van der Waals surface area contributed by atoms with E-state index in [-0.39, 0.29) is 30.8 Å². The van der Waals surface area contributed by atoms with E-state index in [2.05, 4.69) is 54.8 Å². The van der Waals surface area contributed by atoms with Crippen LogP contribution in [0.1, 0.15) is 186 Å². The molecular formula is C46H90INO6SSn. The molecule has 2 rings (SSSR count). The molecule has 2 heterocycles. The fraction of sp³-hybridized carbons (Fsp3) is 0.804. The first-order valence-corrected chi connectivity index (χ1v) is 31.9. The number of cyclic esters (lactones) is 1. The standard InChI is InChI=1S/C22H35IO5.C4H4NOS.3C4H9.4C2H6.Sn/c1-14-10-8-6-7-9-11-17(15(2)13-23)28-19(25)12-18(24)22(4,5)21(27)16(3)20(14)26;6-3-4-5-1-2-7-4;3*1-3-4-2;4*1-2;/h7,9,13-14,16-18,20,24,26H,6,8,10-12H2,1-5H3;2,6H,3H2;3*1,3-4H2,2H3;4*1-2H3;/b9-7-,15-13+;;;;;;;;;/t14?,16?,17-,18?,20-;;;;;;;;;/m0........./s1. The Morgan fingerprint density at radius 2 is 1.43 bits per heavy atom. The van der Waals surface area contributed by atoms with Gasteiger partial charge >= 0.3 is 139 Å². The van der Waals surface area contributed by atoms with Crippen LogP contribution in [0.25, 0.3) is 0 Å². The molecular weight excluding hydrogens is 940 g/mol. The van der Waals surface area contributed by atoms with E-state index < -0.39 is 47.9 Å². The van der Waals surface area contributed by atoms with Crippen molar-refractivity contribution in [2.45, 2.75) is 220 Å². The number of unbranched alkanes of at least 4 members (excludes halogenated alkanes) is 3. The first-order chi connectivity index (χ1) is 26.7. The van der Waals surface area contributed by atoms with Crippen molar-refractivity contribution in [3.8, 4) is 0 Å². The molecule has 0 fully saturated rings. The van der Waals surface area contributed by atoms with Crippen LogP contribution in [0.15, 0.2) is 27.2 Å². The third kappa shape index (κ3) is 24.0. The Labute approximate surface area is 368 Å². The molecule has 0 spiro atoms. The average Bonchev–Trinajstić information content (AvgIpc) is 3.73. The Morgan fingerprint density at radius 3 is 1.86 bits per heavy atom. The molecule has 1 aliphatic heterocycles. The van der Waals surface area contributed by atoms with Gasteiger partial charge in [-0.3, -0.25) is 9.59 Å². The van der Waals surface area contributed by atoms with Crippen LogP contribution in [0.5, 0.6) is 0 Å². The van der Waals surface area contributed by atoms with Crippen molar-refractivity contribution in [1.82, 2.24) is 4.98 Å². The second-order valence-corrected chi connectivity index (χ2v) is 29.0. The number of halogens is 1. The summed E-state index contributed by atoms with van der Waals surface area (Å²) in [6.07, 6.45) is 12.7. The van der Waals surface area contributed by atoms with Crippen LogP contribution in [0.4, 0.5) is 0 Å². The molecule has 0 aliphatic carbocycles. The molecule has 3 N–H and O–H groups in total. The summed E-state index contributed by atoms with van der Waals surface area (Å²) in [5.41, 5.74) is -0.213. The number of Topliss-reactive ketones (excluding diaryl/α,β-unsaturated/α-hetero) is 1. The van der Waals surface area contributed by atoms with Crippen LogP contribution in [0, 0.1) is 17.3 Å². The van der Waals surface area contributed by atoms with Gasteiger partial charge in [0.25, 0.3) is 0 Å². The summed E-state index contributed by atoms with van der Waals surface area (Å²) in [7, 11) is 0. The number of aromatic nitrogens is 1. The van der Waals surface area contributed by atoms with Gasteiger partial charge in [0.05, 0.1) is 24.0 Å². The fourth-order valence-electron chi connectivity index (χ4n) is 6.41. The zero-order chi connectivity index (χ0) is 44.3. The van der Waals surface area contributed by atoms with Gasteiger partial charge in [0, 0.05) is 12.3 Å². The van der Waals surface area contributed by atoms with Crippen molar-refractivity contribution in [1.29, 1.82) is 0 Å². The number of esters is 1. The maximum atomic E-state index is 13.0. The predicted molar refractivity (Wildman–Crippen MR) is 257 cm³/mol. The van der Waals surface area contributed by atoms with E-state index in [4.69, 9.17) is 9.72 Å². The maximum absolute atomic E-state index is 13.0. The zero-order valence-corrected chi connectivity index (χ0v) is 44.9. The van der Waals surface area contributed by atoms with E-state index in [9.17, 15) is 24.9 Å². The number of carbonyl (C=O) groups excluding carboxylic acids is 2. The molecule has 0 saturated heterocycles. The first-order valence-electron chi connectivity index (χ1n) is 22.3. The van der Waals surface area contributed by atoms with Crippen LogP contribution >= 0.6 is 33.9 Å². The van der Waals surface area contributed by atoms with E-state index >= 15 is 0 Å². The third-order valence-electron chi connectivity index (χ3n) is 10.1. The quantitative estimate of drug-likeness (QED) is 0.0826. The summed E-state index contributed by atoms with van der Waals surface area (Å²) in [4.78, 5) is 30.2. The third-order valence-corrected chi connectivity index (χ3v) is 27.6. The van der Waals surface area contributed by atoms with E-state index in [1.807, 2.05) is 79.4 Å². The van der Waals surface area contributed by atoms with E-state index in [0.717, 1.165) is 29.8 Å². The van der Waals surface area contributed by atoms with Crippen LogP contribution < -0.4 is 3.71 Å². The van der Waals surface area contributed by atoms with E-state index in [1.54, 1.807) is 32.1 Å². The summed E-state index contributed by atoms with van der Waals surface area (Å²) in [5.74, 6) is -1.40. The van der Waals surface area contributed by atoms with Crippen LogP contribution in [0.2, 0.25) is 13.3 Å². The molecule has 0 bridgehead atoms.